The van der Waals surface area contributed by atoms with Gasteiger partial charge in [-0.05, 0) is 30.2 Å². The van der Waals surface area contributed by atoms with E-state index >= 15 is 0 Å². The first-order chi connectivity index (χ1) is 10.9. The topological polar surface area (TPSA) is 52.3 Å². The van der Waals surface area contributed by atoms with Crippen LogP contribution < -0.4 is 5.73 Å². The quantitative estimate of drug-likeness (QED) is 0.655. The maximum absolute atomic E-state index is 14.0. The van der Waals surface area contributed by atoms with Gasteiger partial charge in [0, 0.05) is 17.7 Å². The second kappa shape index (κ2) is 7.53. The molecule has 2 aromatic carbocycles. The van der Waals surface area contributed by atoms with E-state index in [9.17, 15) is 13.6 Å². The van der Waals surface area contributed by atoms with Crippen LogP contribution in [0.2, 0.25) is 5.02 Å². The smallest absolute Gasteiger partial charge is 0.307 e. The molecule has 0 heterocycles. The minimum absolute atomic E-state index is 0.0178. The number of halogens is 3. The first-order valence-electron chi connectivity index (χ1n) is 7.08. The number of hydrogen-bond donors (Lipinski definition) is 1. The van der Waals surface area contributed by atoms with E-state index in [2.05, 4.69) is 0 Å². The van der Waals surface area contributed by atoms with Gasteiger partial charge < -0.3 is 10.5 Å². The average molecular weight is 340 g/mol. The summed E-state index contributed by atoms with van der Waals surface area (Å²) in [6.45, 7) is 2.00. The number of benzene rings is 2. The fourth-order valence-electron chi connectivity index (χ4n) is 2.20. The van der Waals surface area contributed by atoms with Gasteiger partial charge >= 0.3 is 5.97 Å². The van der Waals surface area contributed by atoms with Crippen molar-refractivity contribution in [3.8, 4) is 11.1 Å². The molecule has 1 atom stereocenters. The fourth-order valence-corrected chi connectivity index (χ4v) is 2.36. The van der Waals surface area contributed by atoms with Gasteiger partial charge in [-0.25, -0.2) is 8.78 Å². The molecule has 2 aromatic rings. The van der Waals surface area contributed by atoms with Crippen LogP contribution in [0.3, 0.4) is 0 Å². The van der Waals surface area contributed by atoms with Gasteiger partial charge in [0.2, 0.25) is 0 Å². The Hall–Kier alpha value is -1.98. The predicted molar refractivity (Wildman–Crippen MR) is 85.0 cm³/mol. The maximum atomic E-state index is 14.0. The molecule has 0 aliphatic carbocycles. The highest BCUT2D eigenvalue weighted by molar-refractivity contribution is 6.31. The second-order valence-corrected chi connectivity index (χ2v) is 5.39. The highest BCUT2D eigenvalue weighted by atomic mass is 35.5. The van der Waals surface area contributed by atoms with E-state index in [0.29, 0.717) is 11.1 Å². The highest BCUT2D eigenvalue weighted by Crippen LogP contribution is 2.30. The van der Waals surface area contributed by atoms with Crippen LogP contribution in [0.1, 0.15) is 24.9 Å². The molecule has 6 heteroatoms. The molecule has 2 rings (SSSR count). The molecule has 0 saturated heterocycles. The number of ether oxygens (including phenoxy) is 1. The predicted octanol–water partition coefficient (Wildman–Crippen LogP) is 4.24. The summed E-state index contributed by atoms with van der Waals surface area (Å²) >= 11 is 5.71. The van der Waals surface area contributed by atoms with Crippen LogP contribution in [0.15, 0.2) is 36.4 Å². The molecule has 0 radical (unpaired) electrons. The van der Waals surface area contributed by atoms with Gasteiger partial charge in [-0.3, -0.25) is 4.79 Å². The van der Waals surface area contributed by atoms with Crippen molar-refractivity contribution < 1.29 is 18.3 Å². The lowest BCUT2D eigenvalue weighted by Gasteiger charge is -2.13. The molecule has 0 aliphatic rings. The first kappa shape index (κ1) is 17.4. The van der Waals surface area contributed by atoms with Gasteiger partial charge in [-0.2, -0.15) is 0 Å². The number of nitrogens with two attached hydrogens (primary N) is 1. The van der Waals surface area contributed by atoms with E-state index in [0.717, 1.165) is 6.07 Å². The van der Waals surface area contributed by atoms with Crippen molar-refractivity contribution in [2.45, 2.75) is 19.4 Å². The zero-order chi connectivity index (χ0) is 17.0. The zero-order valence-electron chi connectivity index (χ0n) is 12.5. The normalized spacial score (nSPS) is 12.0. The molecule has 0 amide bonds. The average Bonchev–Trinajstić information content (AvgIpc) is 2.51. The Morgan fingerprint density at radius 2 is 2.00 bits per heavy atom. The third-order valence-corrected chi connectivity index (χ3v) is 3.62. The number of carbonyl (C=O) groups excluding carboxylic acids is 1. The zero-order valence-corrected chi connectivity index (χ0v) is 13.2. The molecular formula is C17H16ClF2NO2. The molecule has 0 spiro atoms. The van der Waals surface area contributed by atoms with E-state index in [1.807, 2.05) is 0 Å². The summed E-state index contributed by atoms with van der Waals surface area (Å²) in [6.07, 6.45) is 0.0178. The van der Waals surface area contributed by atoms with E-state index < -0.39 is 23.6 Å². The molecule has 0 fully saturated rings. The van der Waals surface area contributed by atoms with Crippen LogP contribution >= 0.6 is 11.6 Å². The molecule has 122 valence electrons. The summed E-state index contributed by atoms with van der Waals surface area (Å²) in [5, 5.41) is -0.164. The summed E-state index contributed by atoms with van der Waals surface area (Å²) in [5.74, 6) is -1.94. The van der Waals surface area contributed by atoms with Crippen LogP contribution in [0, 0.1) is 11.6 Å². The Labute approximate surface area is 138 Å². The van der Waals surface area contributed by atoms with Crippen LogP contribution in [-0.2, 0) is 9.53 Å². The Kier molecular flexibility index (Phi) is 5.69. The van der Waals surface area contributed by atoms with Crippen molar-refractivity contribution in [1.82, 2.24) is 0 Å². The van der Waals surface area contributed by atoms with Gasteiger partial charge in [0.25, 0.3) is 0 Å². The number of hydrogen-bond acceptors (Lipinski definition) is 3. The van der Waals surface area contributed by atoms with E-state index in [-0.39, 0.29) is 23.6 Å². The third-order valence-electron chi connectivity index (χ3n) is 3.33. The largest absolute Gasteiger partial charge is 0.466 e. The monoisotopic (exact) mass is 339 g/mol. The number of carbonyl (C=O) groups is 1. The highest BCUT2D eigenvalue weighted by Gasteiger charge is 2.15. The molecule has 1 unspecified atom stereocenters. The maximum Gasteiger partial charge on any atom is 0.307 e. The molecule has 0 saturated carbocycles. The summed E-state index contributed by atoms with van der Waals surface area (Å²) < 4.78 is 32.1. The standard InChI is InChI=1S/C17H16ClF2NO2/c1-2-23-17(22)9-16(21)11-5-3-4-10(6-11)12-7-13(18)15(20)8-14(12)19/h3-8,16H,2,9,21H2,1H3. The lowest BCUT2D eigenvalue weighted by Crippen LogP contribution is -2.17. The molecule has 2 N–H and O–H groups in total. The lowest BCUT2D eigenvalue weighted by atomic mass is 9.98. The van der Waals surface area contributed by atoms with E-state index in [1.165, 1.54) is 6.07 Å². The van der Waals surface area contributed by atoms with Gasteiger partial charge in [0.15, 0.2) is 0 Å². The second-order valence-electron chi connectivity index (χ2n) is 4.99. The van der Waals surface area contributed by atoms with Crippen molar-refractivity contribution >= 4 is 17.6 Å². The van der Waals surface area contributed by atoms with Crippen molar-refractivity contribution in [1.29, 1.82) is 0 Å². The minimum Gasteiger partial charge on any atom is -0.466 e. The Morgan fingerprint density at radius 3 is 2.70 bits per heavy atom. The van der Waals surface area contributed by atoms with Gasteiger partial charge in [0.1, 0.15) is 11.6 Å². The number of esters is 1. The van der Waals surface area contributed by atoms with Gasteiger partial charge in [0.05, 0.1) is 18.1 Å². The van der Waals surface area contributed by atoms with E-state index in [4.69, 9.17) is 22.1 Å². The number of rotatable bonds is 5. The van der Waals surface area contributed by atoms with Crippen LogP contribution in [0.4, 0.5) is 8.78 Å². The Morgan fingerprint density at radius 1 is 1.26 bits per heavy atom. The molecule has 0 bridgehead atoms. The van der Waals surface area contributed by atoms with E-state index in [1.54, 1.807) is 31.2 Å². The van der Waals surface area contributed by atoms with Crippen LogP contribution in [-0.4, -0.2) is 12.6 Å². The first-order valence-corrected chi connectivity index (χ1v) is 7.46. The fraction of sp³-hybridized carbons (Fsp3) is 0.235. The molecule has 0 aromatic heterocycles. The van der Waals surface area contributed by atoms with Crippen molar-refractivity contribution in [3.63, 3.8) is 0 Å². The van der Waals surface area contributed by atoms with Crippen molar-refractivity contribution in [2.75, 3.05) is 6.61 Å². The van der Waals surface area contributed by atoms with Crippen molar-refractivity contribution in [3.05, 3.63) is 58.6 Å². The molecule has 23 heavy (non-hydrogen) atoms. The Bertz CT molecular complexity index is 722. The Balaban J connectivity index is 2.30. The van der Waals surface area contributed by atoms with Crippen LogP contribution in [0.25, 0.3) is 11.1 Å². The van der Waals surface area contributed by atoms with Crippen LogP contribution in [0.5, 0.6) is 0 Å². The molecule has 0 aliphatic heterocycles. The van der Waals surface area contributed by atoms with Gasteiger partial charge in [-0.1, -0.05) is 29.8 Å². The third kappa shape index (κ3) is 4.27. The summed E-state index contributed by atoms with van der Waals surface area (Å²) in [7, 11) is 0. The summed E-state index contributed by atoms with van der Waals surface area (Å²) in [4.78, 5) is 11.5. The SMILES string of the molecule is CCOC(=O)CC(N)c1cccc(-c2cc(Cl)c(F)cc2F)c1. The summed E-state index contributed by atoms with van der Waals surface area (Å²) in [5.41, 5.74) is 7.30. The summed E-state index contributed by atoms with van der Waals surface area (Å²) in [6, 6.07) is 8.12. The van der Waals surface area contributed by atoms with Gasteiger partial charge in [-0.15, -0.1) is 0 Å². The minimum atomic E-state index is -0.817. The lowest BCUT2D eigenvalue weighted by molar-refractivity contribution is -0.143. The molecule has 3 nitrogen and oxygen atoms in total. The molecular weight excluding hydrogens is 324 g/mol. The van der Waals surface area contributed by atoms with Crippen molar-refractivity contribution in [2.24, 2.45) is 5.73 Å².